The molecule has 0 spiro atoms. The summed E-state index contributed by atoms with van der Waals surface area (Å²) >= 11 is 0. The van der Waals surface area contributed by atoms with E-state index in [1.165, 1.54) is 0 Å². The Kier molecular flexibility index (Phi) is 2.41. The SMILES string of the molecule is Cc1cccc(C2CNC(=O)C(=O)N2)c1. The summed E-state index contributed by atoms with van der Waals surface area (Å²) in [6, 6.07) is 7.76. The number of hydrogen-bond acceptors (Lipinski definition) is 2. The smallest absolute Gasteiger partial charge is 0.309 e. The molecule has 15 heavy (non-hydrogen) atoms. The van der Waals surface area contributed by atoms with Gasteiger partial charge >= 0.3 is 11.8 Å². The average Bonchev–Trinajstić information content (AvgIpc) is 2.22. The molecule has 0 aromatic heterocycles. The first kappa shape index (κ1) is 9.71. The summed E-state index contributed by atoms with van der Waals surface area (Å²) in [6.07, 6.45) is 0. The molecule has 1 aliphatic rings. The second-order valence-corrected chi connectivity index (χ2v) is 3.65. The summed E-state index contributed by atoms with van der Waals surface area (Å²) in [5.41, 5.74) is 2.15. The van der Waals surface area contributed by atoms with Crippen molar-refractivity contribution in [1.82, 2.24) is 10.6 Å². The number of hydrogen-bond donors (Lipinski definition) is 2. The van der Waals surface area contributed by atoms with Gasteiger partial charge in [-0.1, -0.05) is 29.8 Å². The topological polar surface area (TPSA) is 58.2 Å². The lowest BCUT2D eigenvalue weighted by Gasteiger charge is -2.24. The molecule has 2 N–H and O–H groups in total. The molecular weight excluding hydrogens is 192 g/mol. The minimum Gasteiger partial charge on any atom is -0.345 e. The van der Waals surface area contributed by atoms with Crippen molar-refractivity contribution in [3.63, 3.8) is 0 Å². The summed E-state index contributed by atoms with van der Waals surface area (Å²) in [7, 11) is 0. The fourth-order valence-electron chi connectivity index (χ4n) is 1.64. The molecule has 1 saturated heterocycles. The van der Waals surface area contributed by atoms with E-state index >= 15 is 0 Å². The maximum absolute atomic E-state index is 11.1. The molecule has 4 nitrogen and oxygen atoms in total. The Bertz CT molecular complexity index is 415. The Hall–Kier alpha value is -1.84. The Balaban J connectivity index is 2.19. The molecule has 4 heteroatoms. The van der Waals surface area contributed by atoms with E-state index in [1.807, 2.05) is 31.2 Å². The highest BCUT2D eigenvalue weighted by molar-refractivity contribution is 6.35. The van der Waals surface area contributed by atoms with Crippen LogP contribution in [0.25, 0.3) is 0 Å². The molecule has 1 aliphatic heterocycles. The predicted octanol–water partition coefficient (Wildman–Crippen LogP) is 0.282. The van der Waals surface area contributed by atoms with Gasteiger partial charge < -0.3 is 10.6 Å². The van der Waals surface area contributed by atoms with Crippen LogP contribution in [0.4, 0.5) is 0 Å². The van der Waals surface area contributed by atoms with Gasteiger partial charge in [0.15, 0.2) is 0 Å². The number of nitrogens with one attached hydrogen (secondary N) is 2. The fourth-order valence-corrected chi connectivity index (χ4v) is 1.64. The summed E-state index contributed by atoms with van der Waals surface area (Å²) < 4.78 is 0. The number of piperazine rings is 1. The van der Waals surface area contributed by atoms with Crippen LogP contribution in [0.5, 0.6) is 0 Å². The fraction of sp³-hybridized carbons (Fsp3) is 0.273. The third-order valence-electron chi connectivity index (χ3n) is 2.42. The third-order valence-corrected chi connectivity index (χ3v) is 2.42. The van der Waals surface area contributed by atoms with Gasteiger partial charge in [-0.3, -0.25) is 9.59 Å². The molecule has 1 fully saturated rings. The minimum absolute atomic E-state index is 0.116. The van der Waals surface area contributed by atoms with Gasteiger partial charge in [0.05, 0.1) is 6.04 Å². The Morgan fingerprint density at radius 1 is 1.27 bits per heavy atom. The monoisotopic (exact) mass is 204 g/mol. The molecular formula is C11H12N2O2. The van der Waals surface area contributed by atoms with Crippen molar-refractivity contribution in [3.05, 3.63) is 35.4 Å². The molecule has 1 unspecified atom stereocenters. The van der Waals surface area contributed by atoms with Gasteiger partial charge in [0, 0.05) is 6.54 Å². The zero-order valence-corrected chi connectivity index (χ0v) is 8.41. The van der Waals surface area contributed by atoms with E-state index in [4.69, 9.17) is 0 Å². The first-order valence-corrected chi connectivity index (χ1v) is 4.82. The number of carbonyl (C=O) groups excluding carboxylic acids is 2. The van der Waals surface area contributed by atoms with Gasteiger partial charge in [0.25, 0.3) is 0 Å². The van der Waals surface area contributed by atoms with E-state index in [1.54, 1.807) is 0 Å². The van der Waals surface area contributed by atoms with Crippen LogP contribution in [-0.4, -0.2) is 18.4 Å². The molecule has 1 aromatic carbocycles. The zero-order valence-electron chi connectivity index (χ0n) is 8.41. The standard InChI is InChI=1S/C11H12N2O2/c1-7-3-2-4-8(5-7)9-6-12-10(14)11(15)13-9/h2-5,9H,6H2,1H3,(H,12,14)(H,13,15). The quantitative estimate of drug-likeness (QED) is 0.646. The lowest BCUT2D eigenvalue weighted by atomic mass is 10.0. The summed E-state index contributed by atoms with van der Waals surface area (Å²) in [6.45, 7) is 2.45. The summed E-state index contributed by atoms with van der Waals surface area (Å²) in [5.74, 6) is -1.12. The van der Waals surface area contributed by atoms with E-state index in [2.05, 4.69) is 10.6 Å². The average molecular weight is 204 g/mol. The van der Waals surface area contributed by atoms with Gasteiger partial charge in [-0.15, -0.1) is 0 Å². The summed E-state index contributed by atoms with van der Waals surface area (Å²) in [4.78, 5) is 22.1. The Labute approximate surface area is 87.7 Å². The number of rotatable bonds is 1. The molecule has 1 atom stereocenters. The normalized spacial score (nSPS) is 20.7. The van der Waals surface area contributed by atoms with Crippen LogP contribution in [0.1, 0.15) is 17.2 Å². The number of amides is 2. The second kappa shape index (κ2) is 3.73. The van der Waals surface area contributed by atoms with Crippen LogP contribution in [0.15, 0.2) is 24.3 Å². The van der Waals surface area contributed by atoms with Crippen molar-refractivity contribution in [2.45, 2.75) is 13.0 Å². The molecule has 0 bridgehead atoms. The number of carbonyl (C=O) groups is 2. The largest absolute Gasteiger partial charge is 0.345 e. The summed E-state index contributed by atoms with van der Waals surface area (Å²) in [5, 5.41) is 5.21. The minimum atomic E-state index is -0.562. The molecule has 2 rings (SSSR count). The van der Waals surface area contributed by atoms with Crippen LogP contribution >= 0.6 is 0 Å². The van der Waals surface area contributed by atoms with Gasteiger partial charge in [-0.05, 0) is 12.5 Å². The Morgan fingerprint density at radius 2 is 2.07 bits per heavy atom. The van der Waals surface area contributed by atoms with Gasteiger partial charge in [-0.25, -0.2) is 0 Å². The van der Waals surface area contributed by atoms with Crippen LogP contribution in [-0.2, 0) is 9.59 Å². The van der Waals surface area contributed by atoms with E-state index in [-0.39, 0.29) is 6.04 Å². The van der Waals surface area contributed by atoms with E-state index in [9.17, 15) is 9.59 Å². The molecule has 1 aromatic rings. The van der Waals surface area contributed by atoms with Crippen LogP contribution in [0.3, 0.4) is 0 Å². The molecule has 2 amide bonds. The van der Waals surface area contributed by atoms with Crippen molar-refractivity contribution in [2.24, 2.45) is 0 Å². The maximum atomic E-state index is 11.1. The highest BCUT2D eigenvalue weighted by Crippen LogP contribution is 2.15. The van der Waals surface area contributed by atoms with Crippen molar-refractivity contribution >= 4 is 11.8 Å². The van der Waals surface area contributed by atoms with Crippen LogP contribution < -0.4 is 10.6 Å². The van der Waals surface area contributed by atoms with Crippen LogP contribution in [0.2, 0.25) is 0 Å². The van der Waals surface area contributed by atoms with Crippen molar-refractivity contribution in [3.8, 4) is 0 Å². The third kappa shape index (κ3) is 1.98. The highest BCUT2D eigenvalue weighted by Gasteiger charge is 2.25. The van der Waals surface area contributed by atoms with Gasteiger partial charge in [0.2, 0.25) is 0 Å². The molecule has 0 aliphatic carbocycles. The number of aryl methyl sites for hydroxylation is 1. The lowest BCUT2D eigenvalue weighted by Crippen LogP contribution is -2.51. The number of benzene rings is 1. The molecule has 1 heterocycles. The first-order valence-electron chi connectivity index (χ1n) is 4.82. The van der Waals surface area contributed by atoms with E-state index in [0.717, 1.165) is 11.1 Å². The predicted molar refractivity (Wildman–Crippen MR) is 55.1 cm³/mol. The molecule has 0 saturated carbocycles. The van der Waals surface area contributed by atoms with Crippen molar-refractivity contribution < 1.29 is 9.59 Å². The molecule has 78 valence electrons. The lowest BCUT2D eigenvalue weighted by molar-refractivity contribution is -0.141. The van der Waals surface area contributed by atoms with Crippen molar-refractivity contribution in [1.29, 1.82) is 0 Å². The zero-order chi connectivity index (χ0) is 10.8. The highest BCUT2D eigenvalue weighted by atomic mass is 16.2. The van der Waals surface area contributed by atoms with Gasteiger partial charge in [-0.2, -0.15) is 0 Å². The van der Waals surface area contributed by atoms with Crippen LogP contribution in [0, 0.1) is 6.92 Å². The first-order chi connectivity index (χ1) is 7.16. The van der Waals surface area contributed by atoms with E-state index in [0.29, 0.717) is 6.54 Å². The van der Waals surface area contributed by atoms with Gasteiger partial charge in [0.1, 0.15) is 0 Å². The maximum Gasteiger partial charge on any atom is 0.309 e. The molecule has 0 radical (unpaired) electrons. The Morgan fingerprint density at radius 3 is 2.73 bits per heavy atom. The second-order valence-electron chi connectivity index (χ2n) is 3.65. The van der Waals surface area contributed by atoms with E-state index < -0.39 is 11.8 Å². The van der Waals surface area contributed by atoms with Crippen molar-refractivity contribution in [2.75, 3.05) is 6.54 Å².